The van der Waals surface area contributed by atoms with Gasteiger partial charge in [0.2, 0.25) is 0 Å². The Morgan fingerprint density at radius 3 is 2.63 bits per heavy atom. The van der Waals surface area contributed by atoms with E-state index in [9.17, 15) is 4.79 Å². The molecule has 19 heavy (non-hydrogen) atoms. The Labute approximate surface area is 119 Å². The van der Waals surface area contributed by atoms with Crippen molar-refractivity contribution < 1.29 is 9.53 Å². The summed E-state index contributed by atoms with van der Waals surface area (Å²) < 4.78 is 5.42. The standard InChI is InChI=1S/C15H23NO2S/c1-11(2)9-13(14(17)18-15(3,4)5)16-10-12-7-6-8-19-12/h6-8,10-11,13H,9H2,1-5H3. The number of esters is 1. The van der Waals surface area contributed by atoms with E-state index in [0.717, 1.165) is 4.88 Å². The molecule has 3 nitrogen and oxygen atoms in total. The molecule has 0 spiro atoms. The maximum Gasteiger partial charge on any atom is 0.331 e. The summed E-state index contributed by atoms with van der Waals surface area (Å²) in [5, 5.41) is 1.99. The lowest BCUT2D eigenvalue weighted by Gasteiger charge is -2.23. The first kappa shape index (κ1) is 15.9. The number of rotatable bonds is 5. The topological polar surface area (TPSA) is 38.7 Å². The molecule has 1 rings (SSSR count). The van der Waals surface area contributed by atoms with Gasteiger partial charge in [-0.05, 0) is 44.6 Å². The van der Waals surface area contributed by atoms with Gasteiger partial charge in [-0.15, -0.1) is 11.3 Å². The summed E-state index contributed by atoms with van der Waals surface area (Å²) in [6.45, 7) is 9.79. The zero-order valence-corrected chi connectivity index (χ0v) is 13.2. The number of aliphatic imine (C=N–C) groups is 1. The van der Waals surface area contributed by atoms with Gasteiger partial charge in [0.15, 0.2) is 0 Å². The number of hydrogen-bond donors (Lipinski definition) is 0. The Morgan fingerprint density at radius 1 is 1.47 bits per heavy atom. The number of carbonyl (C=O) groups is 1. The van der Waals surface area contributed by atoms with Crippen molar-refractivity contribution in [1.82, 2.24) is 0 Å². The number of thiophene rings is 1. The fourth-order valence-electron chi connectivity index (χ4n) is 1.56. The predicted octanol–water partition coefficient (Wildman–Crippen LogP) is 3.92. The summed E-state index contributed by atoms with van der Waals surface area (Å²) in [5.74, 6) is 0.159. The summed E-state index contributed by atoms with van der Waals surface area (Å²) in [7, 11) is 0. The number of carbonyl (C=O) groups excluding carboxylic acids is 1. The second kappa shape index (κ2) is 6.85. The van der Waals surface area contributed by atoms with Gasteiger partial charge in [0.1, 0.15) is 11.6 Å². The van der Waals surface area contributed by atoms with Gasteiger partial charge in [-0.2, -0.15) is 0 Å². The number of ether oxygens (including phenoxy) is 1. The van der Waals surface area contributed by atoms with E-state index in [1.165, 1.54) is 0 Å². The van der Waals surface area contributed by atoms with Crippen LogP contribution in [0.3, 0.4) is 0 Å². The Bertz CT molecular complexity index is 416. The van der Waals surface area contributed by atoms with Gasteiger partial charge in [0, 0.05) is 11.1 Å². The van der Waals surface area contributed by atoms with Crippen LogP contribution in [0.2, 0.25) is 0 Å². The zero-order chi connectivity index (χ0) is 14.5. The molecule has 4 heteroatoms. The molecule has 0 saturated carbocycles. The maximum absolute atomic E-state index is 12.1. The largest absolute Gasteiger partial charge is 0.458 e. The molecule has 0 aromatic carbocycles. The molecule has 0 N–H and O–H groups in total. The summed E-state index contributed by atoms with van der Waals surface area (Å²) in [5.41, 5.74) is -0.467. The molecule has 0 bridgehead atoms. The van der Waals surface area contributed by atoms with Gasteiger partial charge in [0.25, 0.3) is 0 Å². The average molecular weight is 281 g/mol. The Hall–Kier alpha value is -1.16. The van der Waals surface area contributed by atoms with E-state index in [1.54, 1.807) is 17.6 Å². The van der Waals surface area contributed by atoms with E-state index in [4.69, 9.17) is 4.74 Å². The van der Waals surface area contributed by atoms with Crippen molar-refractivity contribution in [3.8, 4) is 0 Å². The van der Waals surface area contributed by atoms with Crippen LogP contribution in [0, 0.1) is 5.92 Å². The van der Waals surface area contributed by atoms with Gasteiger partial charge in [-0.3, -0.25) is 4.99 Å². The van der Waals surface area contributed by atoms with Crippen molar-refractivity contribution in [3.63, 3.8) is 0 Å². The van der Waals surface area contributed by atoms with E-state index in [2.05, 4.69) is 18.8 Å². The van der Waals surface area contributed by atoms with Crippen molar-refractivity contribution in [3.05, 3.63) is 22.4 Å². The third-order valence-electron chi connectivity index (χ3n) is 2.30. The van der Waals surface area contributed by atoms with Crippen molar-refractivity contribution in [1.29, 1.82) is 0 Å². The highest BCUT2D eigenvalue weighted by Gasteiger charge is 2.25. The van der Waals surface area contributed by atoms with Crippen LogP contribution >= 0.6 is 11.3 Å². The maximum atomic E-state index is 12.1. The first-order chi connectivity index (χ1) is 8.78. The van der Waals surface area contributed by atoms with Crippen molar-refractivity contribution in [2.45, 2.75) is 52.7 Å². The highest BCUT2D eigenvalue weighted by Crippen LogP contribution is 2.15. The normalized spacial score (nSPS) is 14.0. The van der Waals surface area contributed by atoms with Crippen LogP contribution in [0.15, 0.2) is 22.5 Å². The molecule has 0 aliphatic rings. The molecule has 0 fully saturated rings. The fourth-order valence-corrected chi connectivity index (χ4v) is 2.16. The summed E-state index contributed by atoms with van der Waals surface area (Å²) in [6.07, 6.45) is 2.47. The van der Waals surface area contributed by atoms with E-state index in [1.807, 2.05) is 38.3 Å². The lowest BCUT2D eigenvalue weighted by molar-refractivity contribution is -0.156. The molecule has 1 heterocycles. The van der Waals surface area contributed by atoms with Crippen LogP contribution in [0.5, 0.6) is 0 Å². The van der Waals surface area contributed by atoms with Gasteiger partial charge in [0.05, 0.1) is 0 Å². The number of hydrogen-bond acceptors (Lipinski definition) is 4. The summed E-state index contributed by atoms with van der Waals surface area (Å²) in [6, 6.07) is 3.54. The Balaban J connectivity index is 2.74. The van der Waals surface area contributed by atoms with Gasteiger partial charge < -0.3 is 4.74 Å². The van der Waals surface area contributed by atoms with E-state index in [0.29, 0.717) is 12.3 Å². The molecule has 1 aromatic rings. The summed E-state index contributed by atoms with van der Waals surface area (Å²) in [4.78, 5) is 17.6. The first-order valence-electron chi connectivity index (χ1n) is 6.57. The molecule has 1 unspecified atom stereocenters. The lowest BCUT2D eigenvalue weighted by Crippen LogP contribution is -2.31. The van der Waals surface area contributed by atoms with Crippen LogP contribution in [-0.2, 0) is 9.53 Å². The third-order valence-corrected chi connectivity index (χ3v) is 3.11. The molecule has 1 atom stereocenters. The highest BCUT2D eigenvalue weighted by molar-refractivity contribution is 7.11. The molecule has 0 radical (unpaired) electrons. The van der Waals surface area contributed by atoms with Gasteiger partial charge in [-0.25, -0.2) is 4.79 Å². The van der Waals surface area contributed by atoms with Crippen molar-refractivity contribution >= 4 is 23.5 Å². The lowest BCUT2D eigenvalue weighted by atomic mass is 10.0. The smallest absolute Gasteiger partial charge is 0.331 e. The highest BCUT2D eigenvalue weighted by atomic mass is 32.1. The van der Waals surface area contributed by atoms with E-state index in [-0.39, 0.29) is 5.97 Å². The monoisotopic (exact) mass is 281 g/mol. The first-order valence-corrected chi connectivity index (χ1v) is 7.45. The second-order valence-electron chi connectivity index (χ2n) is 5.97. The molecular formula is C15H23NO2S. The SMILES string of the molecule is CC(C)CC(N=Cc1cccs1)C(=O)OC(C)(C)C. The van der Waals surface area contributed by atoms with E-state index >= 15 is 0 Å². The van der Waals surface area contributed by atoms with Crippen molar-refractivity contribution in [2.24, 2.45) is 10.9 Å². The van der Waals surface area contributed by atoms with Gasteiger partial charge >= 0.3 is 5.97 Å². The minimum atomic E-state index is -0.467. The van der Waals surface area contributed by atoms with Crippen LogP contribution < -0.4 is 0 Å². The molecular weight excluding hydrogens is 258 g/mol. The Kier molecular flexibility index (Phi) is 5.73. The summed E-state index contributed by atoms with van der Waals surface area (Å²) >= 11 is 1.61. The van der Waals surface area contributed by atoms with Crippen molar-refractivity contribution in [2.75, 3.05) is 0 Å². The van der Waals surface area contributed by atoms with Crippen LogP contribution in [0.25, 0.3) is 0 Å². The van der Waals surface area contributed by atoms with Crippen LogP contribution in [0.1, 0.15) is 45.9 Å². The molecule has 0 aliphatic heterocycles. The zero-order valence-electron chi connectivity index (χ0n) is 12.3. The quantitative estimate of drug-likeness (QED) is 0.606. The third kappa shape index (κ3) is 6.53. The second-order valence-corrected chi connectivity index (χ2v) is 6.95. The minimum Gasteiger partial charge on any atom is -0.458 e. The molecule has 106 valence electrons. The minimum absolute atomic E-state index is 0.242. The molecule has 0 saturated heterocycles. The van der Waals surface area contributed by atoms with E-state index < -0.39 is 11.6 Å². The Morgan fingerprint density at radius 2 is 2.16 bits per heavy atom. The fraction of sp³-hybridized carbons (Fsp3) is 0.600. The van der Waals surface area contributed by atoms with Crippen LogP contribution in [-0.4, -0.2) is 23.8 Å². The molecule has 1 aromatic heterocycles. The van der Waals surface area contributed by atoms with Crippen LogP contribution in [0.4, 0.5) is 0 Å². The number of nitrogens with zero attached hydrogens (tertiary/aromatic N) is 1. The molecule has 0 aliphatic carbocycles. The predicted molar refractivity (Wildman–Crippen MR) is 81.0 cm³/mol. The van der Waals surface area contributed by atoms with Gasteiger partial charge in [-0.1, -0.05) is 19.9 Å². The average Bonchev–Trinajstić information content (AvgIpc) is 2.73. The molecule has 0 amide bonds.